The van der Waals surface area contributed by atoms with E-state index in [1.54, 1.807) is 13.2 Å². The van der Waals surface area contributed by atoms with Crippen LogP contribution in [-0.2, 0) is 7.05 Å². The molecule has 130 valence electrons. The molecule has 26 heavy (non-hydrogen) atoms. The number of carbonyl (C=O) groups excluding carboxylic acids is 1. The first-order valence-electron chi connectivity index (χ1n) is 8.63. The number of aromatic nitrogens is 3. The third-order valence-electron chi connectivity index (χ3n) is 4.69. The molecule has 3 aromatic rings. The van der Waals surface area contributed by atoms with Crippen molar-refractivity contribution < 1.29 is 4.79 Å². The lowest BCUT2D eigenvalue weighted by atomic mass is 10.00. The first kappa shape index (κ1) is 16.3. The normalized spacial score (nSPS) is 13.6. The summed E-state index contributed by atoms with van der Waals surface area (Å²) >= 11 is 0. The highest BCUT2D eigenvalue weighted by Crippen LogP contribution is 2.40. The Morgan fingerprint density at radius 2 is 2.08 bits per heavy atom. The highest BCUT2D eigenvalue weighted by molar-refractivity contribution is 6.13. The molecule has 0 bridgehead atoms. The SMILES string of the molecule is Cc1cc(C)c2nc(C3CC3)cc(C(=O)Nc3nn(C)cc3C#N)c2c1. The molecule has 1 aliphatic rings. The Balaban J connectivity index is 1.83. The molecule has 0 unspecified atom stereocenters. The summed E-state index contributed by atoms with van der Waals surface area (Å²) in [6.45, 7) is 4.03. The van der Waals surface area contributed by atoms with E-state index in [9.17, 15) is 10.1 Å². The highest BCUT2D eigenvalue weighted by atomic mass is 16.1. The van der Waals surface area contributed by atoms with Crippen LogP contribution in [0.5, 0.6) is 0 Å². The Bertz CT molecular complexity index is 1090. The van der Waals surface area contributed by atoms with E-state index >= 15 is 0 Å². The average Bonchev–Trinajstić information content (AvgIpc) is 3.38. The maximum atomic E-state index is 13.0. The number of nitrogens with zero attached hydrogens (tertiary/aromatic N) is 4. The van der Waals surface area contributed by atoms with Gasteiger partial charge in [-0.2, -0.15) is 10.4 Å². The van der Waals surface area contributed by atoms with Crippen LogP contribution in [0.2, 0.25) is 0 Å². The monoisotopic (exact) mass is 345 g/mol. The molecule has 2 heterocycles. The molecule has 1 N–H and O–H groups in total. The standard InChI is InChI=1S/C20H19N5O/c1-11-6-12(2)18-15(7-11)16(8-17(22-18)13-4-5-13)20(26)23-19-14(9-21)10-25(3)24-19/h6-8,10,13H,4-5H2,1-3H3,(H,23,24,26). The van der Waals surface area contributed by atoms with Crippen LogP contribution in [0.25, 0.3) is 10.9 Å². The molecule has 6 heteroatoms. The Kier molecular flexibility index (Phi) is 3.73. The molecule has 4 rings (SSSR count). The van der Waals surface area contributed by atoms with E-state index in [4.69, 9.17) is 4.98 Å². The van der Waals surface area contributed by atoms with Crippen molar-refractivity contribution in [3.8, 4) is 6.07 Å². The summed E-state index contributed by atoms with van der Waals surface area (Å²) in [6.07, 6.45) is 3.82. The van der Waals surface area contributed by atoms with Gasteiger partial charge in [-0.25, -0.2) is 0 Å². The summed E-state index contributed by atoms with van der Waals surface area (Å²) < 4.78 is 1.52. The molecule has 1 amide bonds. The Morgan fingerprint density at radius 1 is 1.31 bits per heavy atom. The van der Waals surface area contributed by atoms with Gasteiger partial charge in [0.15, 0.2) is 5.82 Å². The summed E-state index contributed by atoms with van der Waals surface area (Å²) in [4.78, 5) is 17.8. The number of aryl methyl sites for hydroxylation is 3. The van der Waals surface area contributed by atoms with Crippen LogP contribution in [0.3, 0.4) is 0 Å². The number of hydrogen-bond donors (Lipinski definition) is 1. The van der Waals surface area contributed by atoms with Gasteiger partial charge in [-0.05, 0) is 44.4 Å². The number of benzene rings is 1. The second-order valence-electron chi connectivity index (χ2n) is 6.98. The van der Waals surface area contributed by atoms with Crippen LogP contribution < -0.4 is 5.32 Å². The lowest BCUT2D eigenvalue weighted by molar-refractivity contribution is 0.102. The number of rotatable bonds is 3. The van der Waals surface area contributed by atoms with E-state index in [1.807, 2.05) is 26.0 Å². The molecule has 0 atom stereocenters. The van der Waals surface area contributed by atoms with E-state index in [0.29, 0.717) is 17.0 Å². The molecule has 0 spiro atoms. The zero-order valence-corrected chi connectivity index (χ0v) is 15.0. The number of nitrogens with one attached hydrogen (secondary N) is 1. The molecule has 1 aromatic carbocycles. The van der Waals surface area contributed by atoms with Crippen molar-refractivity contribution in [2.45, 2.75) is 32.6 Å². The fraction of sp³-hybridized carbons (Fsp3) is 0.300. The largest absolute Gasteiger partial charge is 0.304 e. The minimum Gasteiger partial charge on any atom is -0.304 e. The topological polar surface area (TPSA) is 83.6 Å². The maximum Gasteiger partial charge on any atom is 0.257 e. The minimum atomic E-state index is -0.264. The lowest BCUT2D eigenvalue weighted by Gasteiger charge is -2.12. The summed E-state index contributed by atoms with van der Waals surface area (Å²) in [7, 11) is 1.72. The van der Waals surface area contributed by atoms with Gasteiger partial charge in [-0.15, -0.1) is 0 Å². The number of anilines is 1. The smallest absolute Gasteiger partial charge is 0.257 e. The molecular weight excluding hydrogens is 326 g/mol. The van der Waals surface area contributed by atoms with Gasteiger partial charge in [0, 0.05) is 30.2 Å². The summed E-state index contributed by atoms with van der Waals surface area (Å²) in [5.41, 5.74) is 4.91. The zero-order chi connectivity index (χ0) is 18.4. The van der Waals surface area contributed by atoms with Gasteiger partial charge >= 0.3 is 0 Å². The van der Waals surface area contributed by atoms with E-state index in [2.05, 4.69) is 22.6 Å². The second kappa shape index (κ2) is 5.95. The zero-order valence-electron chi connectivity index (χ0n) is 15.0. The third kappa shape index (κ3) is 2.82. The fourth-order valence-corrected chi connectivity index (χ4v) is 3.31. The molecule has 2 aromatic heterocycles. The van der Waals surface area contributed by atoms with Gasteiger partial charge in [0.25, 0.3) is 5.91 Å². The number of hydrogen-bond acceptors (Lipinski definition) is 4. The van der Waals surface area contributed by atoms with E-state index < -0.39 is 0 Å². The van der Waals surface area contributed by atoms with Crippen molar-refractivity contribution in [2.24, 2.45) is 7.05 Å². The number of nitriles is 1. The third-order valence-corrected chi connectivity index (χ3v) is 4.69. The minimum absolute atomic E-state index is 0.264. The summed E-state index contributed by atoms with van der Waals surface area (Å²) in [5, 5.41) is 17.0. The fourth-order valence-electron chi connectivity index (χ4n) is 3.31. The van der Waals surface area contributed by atoms with Crippen molar-refractivity contribution in [3.63, 3.8) is 0 Å². The highest BCUT2D eigenvalue weighted by Gasteiger charge is 2.27. The van der Waals surface area contributed by atoms with Gasteiger partial charge in [0.2, 0.25) is 0 Å². The molecule has 1 fully saturated rings. The van der Waals surface area contributed by atoms with Gasteiger partial charge in [0.05, 0.1) is 11.1 Å². The Hall–Kier alpha value is -3.20. The number of amides is 1. The van der Waals surface area contributed by atoms with Crippen molar-refractivity contribution in [1.82, 2.24) is 14.8 Å². The maximum absolute atomic E-state index is 13.0. The predicted molar refractivity (Wildman–Crippen MR) is 99.1 cm³/mol. The van der Waals surface area contributed by atoms with E-state index in [-0.39, 0.29) is 11.7 Å². The first-order chi connectivity index (χ1) is 12.5. The van der Waals surface area contributed by atoms with Gasteiger partial charge in [-0.3, -0.25) is 14.5 Å². The van der Waals surface area contributed by atoms with E-state index in [1.165, 1.54) is 4.68 Å². The number of fused-ring (bicyclic) bond motifs is 1. The molecule has 6 nitrogen and oxygen atoms in total. The van der Waals surface area contributed by atoms with Crippen molar-refractivity contribution in [1.29, 1.82) is 5.26 Å². The average molecular weight is 345 g/mol. The van der Waals surface area contributed by atoms with Crippen molar-refractivity contribution in [3.05, 3.63) is 52.3 Å². The van der Waals surface area contributed by atoms with Gasteiger partial charge in [-0.1, -0.05) is 11.6 Å². The van der Waals surface area contributed by atoms with Gasteiger partial charge in [0.1, 0.15) is 11.6 Å². The first-order valence-corrected chi connectivity index (χ1v) is 8.63. The van der Waals surface area contributed by atoms with Gasteiger partial charge < -0.3 is 5.32 Å². The predicted octanol–water partition coefficient (Wildman–Crippen LogP) is 3.59. The summed E-state index contributed by atoms with van der Waals surface area (Å²) in [5.74, 6) is 0.456. The molecule has 1 aliphatic carbocycles. The van der Waals surface area contributed by atoms with Crippen LogP contribution in [0, 0.1) is 25.2 Å². The van der Waals surface area contributed by atoms with Crippen LogP contribution in [-0.4, -0.2) is 20.7 Å². The molecule has 0 saturated heterocycles. The molecule has 0 aliphatic heterocycles. The van der Waals surface area contributed by atoms with Crippen LogP contribution in [0.4, 0.5) is 5.82 Å². The second-order valence-corrected chi connectivity index (χ2v) is 6.98. The van der Waals surface area contributed by atoms with E-state index in [0.717, 1.165) is 40.6 Å². The van der Waals surface area contributed by atoms with Crippen LogP contribution >= 0.6 is 0 Å². The Morgan fingerprint density at radius 3 is 2.77 bits per heavy atom. The van der Waals surface area contributed by atoms with Crippen LogP contribution in [0.15, 0.2) is 24.4 Å². The number of carbonyl (C=O) groups is 1. The number of pyridine rings is 1. The Labute approximate surface area is 151 Å². The molecule has 1 saturated carbocycles. The van der Waals surface area contributed by atoms with Crippen LogP contribution in [0.1, 0.15) is 51.5 Å². The van der Waals surface area contributed by atoms with Crippen molar-refractivity contribution >= 4 is 22.6 Å². The quantitative estimate of drug-likeness (QED) is 0.786. The molecule has 0 radical (unpaired) electrons. The molecular formula is C20H19N5O. The lowest BCUT2D eigenvalue weighted by Crippen LogP contribution is -2.15. The van der Waals surface area contributed by atoms with Crippen molar-refractivity contribution in [2.75, 3.05) is 5.32 Å². The summed E-state index contributed by atoms with van der Waals surface area (Å²) in [6, 6.07) is 8.02.